The van der Waals surface area contributed by atoms with E-state index in [-0.39, 0.29) is 4.21 Å². The zero-order valence-corrected chi connectivity index (χ0v) is 13.5. The van der Waals surface area contributed by atoms with Crippen LogP contribution in [0.3, 0.4) is 0 Å². The Kier molecular flexibility index (Phi) is 4.39. The largest absolute Gasteiger partial charge is 0.326 e. The number of rotatable bonds is 4. The van der Waals surface area contributed by atoms with Crippen LogP contribution < -0.4 is 10.5 Å². The van der Waals surface area contributed by atoms with Crippen molar-refractivity contribution in [1.82, 2.24) is 0 Å². The Balaban J connectivity index is 2.41. The maximum atomic E-state index is 12.4. The van der Waals surface area contributed by atoms with E-state index >= 15 is 0 Å². The van der Waals surface area contributed by atoms with Crippen LogP contribution in [-0.4, -0.2) is 8.42 Å². The van der Waals surface area contributed by atoms with E-state index < -0.39 is 10.0 Å². The molecule has 1 aromatic carbocycles. The Morgan fingerprint density at radius 2 is 2.00 bits per heavy atom. The van der Waals surface area contributed by atoms with Crippen LogP contribution in [0.4, 0.5) is 5.69 Å². The lowest BCUT2D eigenvalue weighted by atomic mass is 10.2. The van der Waals surface area contributed by atoms with Crippen LogP contribution in [0, 0.1) is 13.8 Å². The third-order valence-corrected chi connectivity index (χ3v) is 6.30. The number of benzene rings is 1. The van der Waals surface area contributed by atoms with Crippen LogP contribution in [0.25, 0.3) is 0 Å². The highest BCUT2D eigenvalue weighted by Crippen LogP contribution is 2.31. The standard InChI is InChI=1S/C13H15ClN2O2S2/c1-8-4-3-5-10(14)13(8)16-20(17,18)12-6-9(2)11(7-15)19-12/h3-6,16H,7,15H2,1-2H3. The van der Waals surface area contributed by atoms with Gasteiger partial charge in [-0.1, -0.05) is 23.7 Å². The second-order valence-electron chi connectivity index (χ2n) is 4.41. The van der Waals surface area contributed by atoms with E-state index in [2.05, 4.69) is 4.72 Å². The first kappa shape index (κ1) is 15.3. The highest BCUT2D eigenvalue weighted by molar-refractivity contribution is 7.94. The van der Waals surface area contributed by atoms with Gasteiger partial charge in [-0.2, -0.15) is 0 Å². The summed E-state index contributed by atoms with van der Waals surface area (Å²) in [6.45, 7) is 3.98. The lowest BCUT2D eigenvalue weighted by Gasteiger charge is -2.10. The molecule has 0 saturated carbocycles. The van der Waals surface area contributed by atoms with Gasteiger partial charge in [0.05, 0.1) is 10.7 Å². The molecule has 20 heavy (non-hydrogen) atoms. The number of para-hydroxylation sites is 1. The number of halogens is 1. The predicted octanol–water partition coefficient (Wildman–Crippen LogP) is 3.28. The fraction of sp³-hybridized carbons (Fsp3) is 0.231. The fourth-order valence-electron chi connectivity index (χ4n) is 1.77. The molecule has 1 aromatic heterocycles. The number of aryl methyl sites for hydroxylation is 2. The average Bonchev–Trinajstić information content (AvgIpc) is 2.76. The molecule has 0 saturated heterocycles. The number of anilines is 1. The van der Waals surface area contributed by atoms with E-state index in [1.807, 2.05) is 6.92 Å². The van der Waals surface area contributed by atoms with E-state index in [4.69, 9.17) is 17.3 Å². The van der Waals surface area contributed by atoms with Crippen molar-refractivity contribution >= 4 is 38.6 Å². The number of hydrogen-bond acceptors (Lipinski definition) is 4. The summed E-state index contributed by atoms with van der Waals surface area (Å²) in [7, 11) is -3.64. The highest BCUT2D eigenvalue weighted by atomic mass is 35.5. The Bertz CT molecular complexity index is 719. The van der Waals surface area contributed by atoms with Crippen LogP contribution in [0.5, 0.6) is 0 Å². The Hall–Kier alpha value is -1.08. The van der Waals surface area contributed by atoms with Gasteiger partial charge in [0.1, 0.15) is 4.21 Å². The molecule has 0 bridgehead atoms. The smallest absolute Gasteiger partial charge is 0.271 e. The summed E-state index contributed by atoms with van der Waals surface area (Å²) in [5.41, 5.74) is 7.65. The van der Waals surface area contributed by atoms with Gasteiger partial charge in [-0.25, -0.2) is 8.42 Å². The maximum absolute atomic E-state index is 12.4. The Morgan fingerprint density at radius 3 is 2.55 bits per heavy atom. The summed E-state index contributed by atoms with van der Waals surface area (Å²) in [5, 5.41) is 0.376. The molecule has 0 spiro atoms. The topological polar surface area (TPSA) is 72.2 Å². The summed E-state index contributed by atoms with van der Waals surface area (Å²) in [4.78, 5) is 0.862. The van der Waals surface area contributed by atoms with Crippen molar-refractivity contribution in [3.63, 3.8) is 0 Å². The van der Waals surface area contributed by atoms with Crippen LogP contribution in [0.15, 0.2) is 28.5 Å². The van der Waals surface area contributed by atoms with E-state index in [0.29, 0.717) is 17.3 Å². The summed E-state index contributed by atoms with van der Waals surface area (Å²) >= 11 is 7.22. The highest BCUT2D eigenvalue weighted by Gasteiger charge is 2.20. The van der Waals surface area contributed by atoms with Crippen molar-refractivity contribution in [2.75, 3.05) is 4.72 Å². The number of nitrogens with one attached hydrogen (secondary N) is 1. The number of sulfonamides is 1. The summed E-state index contributed by atoms with van der Waals surface area (Å²) < 4.78 is 27.6. The zero-order valence-electron chi connectivity index (χ0n) is 11.1. The molecule has 0 unspecified atom stereocenters. The minimum atomic E-state index is -3.64. The Labute approximate surface area is 127 Å². The first-order chi connectivity index (χ1) is 9.35. The maximum Gasteiger partial charge on any atom is 0.271 e. The van der Waals surface area contributed by atoms with Gasteiger partial charge < -0.3 is 5.73 Å². The first-order valence-corrected chi connectivity index (χ1v) is 8.60. The normalized spacial score (nSPS) is 11.6. The van der Waals surface area contributed by atoms with Gasteiger partial charge in [0.25, 0.3) is 10.0 Å². The number of hydrogen-bond donors (Lipinski definition) is 2. The van der Waals surface area contributed by atoms with E-state index in [9.17, 15) is 8.42 Å². The molecule has 3 N–H and O–H groups in total. The van der Waals surface area contributed by atoms with Crippen molar-refractivity contribution in [3.05, 3.63) is 45.3 Å². The molecular weight excluding hydrogens is 316 g/mol. The van der Waals surface area contributed by atoms with Gasteiger partial charge in [0.15, 0.2) is 0 Å². The predicted molar refractivity (Wildman–Crippen MR) is 83.9 cm³/mol. The van der Waals surface area contributed by atoms with E-state index in [0.717, 1.165) is 16.0 Å². The molecule has 1 heterocycles. The SMILES string of the molecule is Cc1cc(S(=O)(=O)Nc2c(C)cccc2Cl)sc1CN. The van der Waals surface area contributed by atoms with Gasteiger partial charge in [-0.15, -0.1) is 11.3 Å². The molecule has 0 fully saturated rings. The van der Waals surface area contributed by atoms with Crippen molar-refractivity contribution in [1.29, 1.82) is 0 Å². The monoisotopic (exact) mass is 330 g/mol. The van der Waals surface area contributed by atoms with Gasteiger partial charge in [0.2, 0.25) is 0 Å². The van der Waals surface area contributed by atoms with Crippen molar-refractivity contribution < 1.29 is 8.42 Å². The van der Waals surface area contributed by atoms with Gasteiger partial charge in [-0.3, -0.25) is 4.72 Å². The van der Waals surface area contributed by atoms with Crippen LogP contribution in [0.1, 0.15) is 16.0 Å². The third kappa shape index (κ3) is 2.98. The molecule has 4 nitrogen and oxygen atoms in total. The van der Waals surface area contributed by atoms with Crippen LogP contribution in [0.2, 0.25) is 5.02 Å². The molecule has 2 rings (SSSR count). The van der Waals surface area contributed by atoms with E-state index in [1.54, 1.807) is 31.2 Å². The second kappa shape index (κ2) is 5.73. The van der Waals surface area contributed by atoms with Crippen molar-refractivity contribution in [3.8, 4) is 0 Å². The average molecular weight is 331 g/mol. The van der Waals surface area contributed by atoms with Crippen LogP contribution in [-0.2, 0) is 16.6 Å². The molecule has 108 valence electrons. The molecule has 0 radical (unpaired) electrons. The molecule has 0 aliphatic heterocycles. The molecule has 0 atom stereocenters. The minimum absolute atomic E-state index is 0.245. The molecule has 0 aliphatic rings. The lowest BCUT2D eigenvalue weighted by molar-refractivity contribution is 0.603. The van der Waals surface area contributed by atoms with Gasteiger partial charge in [-0.05, 0) is 37.1 Å². The second-order valence-corrected chi connectivity index (χ2v) is 7.87. The van der Waals surface area contributed by atoms with Crippen molar-refractivity contribution in [2.24, 2.45) is 5.73 Å². The minimum Gasteiger partial charge on any atom is -0.326 e. The lowest BCUT2D eigenvalue weighted by Crippen LogP contribution is -2.12. The summed E-state index contributed by atoms with van der Waals surface area (Å²) in [5.74, 6) is 0. The van der Waals surface area contributed by atoms with Gasteiger partial charge in [0, 0.05) is 11.4 Å². The molecule has 0 aliphatic carbocycles. The molecule has 7 heteroatoms. The number of nitrogens with two attached hydrogens (primary N) is 1. The number of thiophene rings is 1. The quantitative estimate of drug-likeness (QED) is 0.903. The fourth-order valence-corrected chi connectivity index (χ4v) is 4.71. The van der Waals surface area contributed by atoms with Crippen molar-refractivity contribution in [2.45, 2.75) is 24.6 Å². The summed E-state index contributed by atoms with van der Waals surface area (Å²) in [6, 6.07) is 6.85. The Morgan fingerprint density at radius 1 is 1.30 bits per heavy atom. The zero-order chi connectivity index (χ0) is 14.9. The summed E-state index contributed by atoms with van der Waals surface area (Å²) in [6.07, 6.45) is 0. The van der Waals surface area contributed by atoms with Crippen LogP contribution >= 0.6 is 22.9 Å². The van der Waals surface area contributed by atoms with Gasteiger partial charge >= 0.3 is 0 Å². The van der Waals surface area contributed by atoms with E-state index in [1.165, 1.54) is 11.3 Å². The molecule has 0 amide bonds. The third-order valence-electron chi connectivity index (χ3n) is 2.91. The molecular formula is C13H15ClN2O2S2. The first-order valence-electron chi connectivity index (χ1n) is 5.92. The molecule has 2 aromatic rings.